The molecule has 0 saturated carbocycles. The SMILES string of the molecule is CC(CN1C(=O)C[C@H](Cc2ccccc2)NC1=O)c1ccc(F)cc1. The van der Waals surface area contributed by atoms with Gasteiger partial charge in [-0.2, -0.15) is 0 Å². The minimum absolute atomic E-state index is 0.0547. The van der Waals surface area contributed by atoms with E-state index >= 15 is 0 Å². The van der Waals surface area contributed by atoms with Crippen molar-refractivity contribution in [3.63, 3.8) is 0 Å². The van der Waals surface area contributed by atoms with Crippen LogP contribution in [0, 0.1) is 5.82 Å². The van der Waals surface area contributed by atoms with E-state index in [-0.39, 0.29) is 42.7 Å². The summed E-state index contributed by atoms with van der Waals surface area (Å²) in [5.74, 6) is -0.522. The molecule has 0 radical (unpaired) electrons. The zero-order chi connectivity index (χ0) is 17.8. The molecule has 2 aromatic carbocycles. The predicted octanol–water partition coefficient (Wildman–Crippen LogP) is 3.48. The average Bonchev–Trinajstić information content (AvgIpc) is 2.59. The molecule has 1 N–H and O–H groups in total. The van der Waals surface area contributed by atoms with Gasteiger partial charge in [-0.3, -0.25) is 9.69 Å². The van der Waals surface area contributed by atoms with Crippen LogP contribution in [0.25, 0.3) is 0 Å². The van der Waals surface area contributed by atoms with E-state index in [1.807, 2.05) is 37.3 Å². The normalized spacial score (nSPS) is 18.8. The molecular formula is C20H21FN2O2. The molecule has 0 aliphatic carbocycles. The molecule has 3 amide bonds. The third-order valence-corrected chi connectivity index (χ3v) is 4.52. The minimum atomic E-state index is -0.355. The lowest BCUT2D eigenvalue weighted by atomic mass is 9.98. The molecule has 4 nitrogen and oxygen atoms in total. The van der Waals surface area contributed by atoms with E-state index in [0.29, 0.717) is 6.42 Å². The van der Waals surface area contributed by atoms with Gasteiger partial charge in [0.25, 0.3) is 0 Å². The summed E-state index contributed by atoms with van der Waals surface area (Å²) in [6.45, 7) is 2.21. The van der Waals surface area contributed by atoms with Crippen LogP contribution in [0.1, 0.15) is 30.4 Å². The highest BCUT2D eigenvalue weighted by Gasteiger charge is 2.32. The van der Waals surface area contributed by atoms with Crippen molar-refractivity contribution in [3.05, 3.63) is 71.5 Å². The topological polar surface area (TPSA) is 49.4 Å². The van der Waals surface area contributed by atoms with Gasteiger partial charge >= 0.3 is 6.03 Å². The van der Waals surface area contributed by atoms with Gasteiger partial charge in [-0.15, -0.1) is 0 Å². The first-order chi connectivity index (χ1) is 12.0. The summed E-state index contributed by atoms with van der Waals surface area (Å²) in [4.78, 5) is 26.1. The number of hydrogen-bond donors (Lipinski definition) is 1. The number of carbonyl (C=O) groups excluding carboxylic acids is 2. The van der Waals surface area contributed by atoms with E-state index in [1.165, 1.54) is 17.0 Å². The van der Waals surface area contributed by atoms with Crippen molar-refractivity contribution in [2.75, 3.05) is 6.54 Å². The zero-order valence-electron chi connectivity index (χ0n) is 14.1. The first-order valence-electron chi connectivity index (χ1n) is 8.43. The monoisotopic (exact) mass is 340 g/mol. The highest BCUT2D eigenvalue weighted by atomic mass is 19.1. The van der Waals surface area contributed by atoms with E-state index in [0.717, 1.165) is 11.1 Å². The number of nitrogens with one attached hydrogen (secondary N) is 1. The Morgan fingerprint density at radius 2 is 1.80 bits per heavy atom. The van der Waals surface area contributed by atoms with Crippen molar-refractivity contribution in [2.45, 2.75) is 31.7 Å². The molecule has 1 fully saturated rings. The summed E-state index contributed by atoms with van der Waals surface area (Å²) < 4.78 is 13.0. The molecular weight excluding hydrogens is 319 g/mol. The summed E-state index contributed by atoms with van der Waals surface area (Å²) in [5, 5.41) is 2.92. The molecule has 1 heterocycles. The van der Waals surface area contributed by atoms with Gasteiger partial charge in [0.05, 0.1) is 0 Å². The van der Waals surface area contributed by atoms with Gasteiger partial charge in [0.2, 0.25) is 5.91 Å². The average molecular weight is 340 g/mol. The Balaban J connectivity index is 1.61. The number of urea groups is 1. The summed E-state index contributed by atoms with van der Waals surface area (Å²) in [6.07, 6.45) is 0.927. The number of nitrogens with zero attached hydrogens (tertiary/aromatic N) is 1. The number of halogens is 1. The third kappa shape index (κ3) is 4.24. The largest absolute Gasteiger partial charge is 0.334 e. The summed E-state index contributed by atoms with van der Waals surface area (Å²) in [5.41, 5.74) is 1.99. The second-order valence-electron chi connectivity index (χ2n) is 6.50. The van der Waals surface area contributed by atoms with Crippen molar-refractivity contribution in [1.82, 2.24) is 10.2 Å². The van der Waals surface area contributed by atoms with Gasteiger partial charge in [-0.1, -0.05) is 49.4 Å². The number of hydrogen-bond acceptors (Lipinski definition) is 2. The Morgan fingerprint density at radius 3 is 2.44 bits per heavy atom. The molecule has 130 valence electrons. The van der Waals surface area contributed by atoms with Crippen LogP contribution < -0.4 is 5.32 Å². The second-order valence-corrected chi connectivity index (χ2v) is 6.50. The molecule has 2 atom stereocenters. The van der Waals surface area contributed by atoms with Gasteiger partial charge in [0, 0.05) is 19.0 Å². The van der Waals surface area contributed by atoms with Crippen molar-refractivity contribution in [1.29, 1.82) is 0 Å². The van der Waals surface area contributed by atoms with Crippen LogP contribution in [0.5, 0.6) is 0 Å². The smallest absolute Gasteiger partial charge is 0.324 e. The van der Waals surface area contributed by atoms with Crippen molar-refractivity contribution in [3.8, 4) is 0 Å². The highest BCUT2D eigenvalue weighted by Crippen LogP contribution is 2.20. The molecule has 5 heteroatoms. The molecule has 25 heavy (non-hydrogen) atoms. The Bertz CT molecular complexity index is 728. The standard InChI is InChI=1S/C20H21FN2O2/c1-14(16-7-9-17(21)10-8-16)13-23-19(24)12-18(22-20(23)25)11-15-5-3-2-4-6-15/h2-10,14,18H,11-13H2,1H3,(H,22,25)/t14?,18-/m0/s1. The number of benzene rings is 2. The van der Waals surface area contributed by atoms with Crippen LogP contribution in [-0.2, 0) is 11.2 Å². The maximum Gasteiger partial charge on any atom is 0.324 e. The number of rotatable bonds is 5. The number of amides is 3. The van der Waals surface area contributed by atoms with Crippen molar-refractivity contribution in [2.24, 2.45) is 0 Å². The summed E-state index contributed by atoms with van der Waals surface area (Å²) in [7, 11) is 0. The maximum atomic E-state index is 13.0. The lowest BCUT2D eigenvalue weighted by Gasteiger charge is -2.33. The minimum Gasteiger partial charge on any atom is -0.334 e. The molecule has 1 saturated heterocycles. The highest BCUT2D eigenvalue weighted by molar-refractivity contribution is 5.97. The van der Waals surface area contributed by atoms with Crippen LogP contribution in [0.4, 0.5) is 9.18 Å². The van der Waals surface area contributed by atoms with Crippen molar-refractivity contribution < 1.29 is 14.0 Å². The van der Waals surface area contributed by atoms with E-state index < -0.39 is 0 Å². The molecule has 0 bridgehead atoms. The molecule has 0 spiro atoms. The van der Waals surface area contributed by atoms with Gasteiger partial charge in [-0.25, -0.2) is 9.18 Å². The Labute approximate surface area is 146 Å². The van der Waals surface area contributed by atoms with Crippen LogP contribution in [0.15, 0.2) is 54.6 Å². The Hall–Kier alpha value is -2.69. The Kier molecular flexibility index (Phi) is 5.12. The van der Waals surface area contributed by atoms with E-state index in [9.17, 15) is 14.0 Å². The number of imide groups is 1. The van der Waals surface area contributed by atoms with Gasteiger partial charge < -0.3 is 5.32 Å². The molecule has 0 aromatic heterocycles. The fraction of sp³-hybridized carbons (Fsp3) is 0.300. The van der Waals surface area contributed by atoms with Gasteiger partial charge in [0.15, 0.2) is 0 Å². The lowest BCUT2D eigenvalue weighted by Crippen LogP contribution is -2.56. The van der Waals surface area contributed by atoms with Crippen LogP contribution >= 0.6 is 0 Å². The summed E-state index contributed by atoms with van der Waals surface area (Å²) >= 11 is 0. The molecule has 1 unspecified atom stereocenters. The van der Waals surface area contributed by atoms with Crippen LogP contribution in [-0.4, -0.2) is 29.4 Å². The lowest BCUT2D eigenvalue weighted by molar-refractivity contribution is -0.130. The Morgan fingerprint density at radius 1 is 1.12 bits per heavy atom. The maximum absolute atomic E-state index is 13.0. The molecule has 1 aliphatic rings. The predicted molar refractivity (Wildman–Crippen MR) is 93.6 cm³/mol. The van der Waals surface area contributed by atoms with E-state index in [1.54, 1.807) is 12.1 Å². The van der Waals surface area contributed by atoms with E-state index in [2.05, 4.69) is 5.32 Å². The quantitative estimate of drug-likeness (QED) is 0.906. The fourth-order valence-electron chi connectivity index (χ4n) is 3.11. The molecule has 2 aromatic rings. The molecule has 3 rings (SSSR count). The fourth-order valence-corrected chi connectivity index (χ4v) is 3.11. The summed E-state index contributed by atoms with van der Waals surface area (Å²) in [6, 6.07) is 15.4. The van der Waals surface area contributed by atoms with Gasteiger partial charge in [-0.05, 0) is 35.6 Å². The zero-order valence-corrected chi connectivity index (χ0v) is 14.1. The first kappa shape index (κ1) is 17.1. The number of carbonyl (C=O) groups is 2. The van der Waals surface area contributed by atoms with Gasteiger partial charge in [0.1, 0.15) is 5.82 Å². The third-order valence-electron chi connectivity index (χ3n) is 4.52. The van der Waals surface area contributed by atoms with Crippen molar-refractivity contribution >= 4 is 11.9 Å². The first-order valence-corrected chi connectivity index (χ1v) is 8.43. The molecule has 1 aliphatic heterocycles. The van der Waals surface area contributed by atoms with Crippen LogP contribution in [0.3, 0.4) is 0 Å². The van der Waals surface area contributed by atoms with E-state index in [4.69, 9.17) is 0 Å². The second kappa shape index (κ2) is 7.47. The van der Waals surface area contributed by atoms with Crippen LogP contribution in [0.2, 0.25) is 0 Å².